The topological polar surface area (TPSA) is 49.4 Å². The van der Waals surface area contributed by atoms with Crippen LogP contribution in [0.25, 0.3) is 0 Å². The average molecular weight is 342 g/mol. The Labute approximate surface area is 146 Å². The first-order valence-electron chi connectivity index (χ1n) is 8.30. The summed E-state index contributed by atoms with van der Waals surface area (Å²) < 4.78 is 0. The number of carbonyl (C=O) groups excluding carboxylic acids is 2. The van der Waals surface area contributed by atoms with Crippen molar-refractivity contribution in [1.29, 1.82) is 0 Å². The summed E-state index contributed by atoms with van der Waals surface area (Å²) in [6, 6.07) is 9.64. The lowest BCUT2D eigenvalue weighted by atomic mass is 9.98. The van der Waals surface area contributed by atoms with E-state index in [1.165, 1.54) is 10.4 Å². The number of fused-ring (bicyclic) bond motifs is 1. The summed E-state index contributed by atoms with van der Waals surface area (Å²) in [6.07, 6.45) is 1.79. The Morgan fingerprint density at radius 2 is 2.17 bits per heavy atom. The SMILES string of the molecule is CC[C@@H]1c2ccsc2CCN1C(=O)CNC(=O)c1cccc(C)c1. The minimum atomic E-state index is -0.201. The molecular formula is C19H22N2O2S. The lowest BCUT2D eigenvalue weighted by molar-refractivity contribution is -0.133. The van der Waals surface area contributed by atoms with Crippen molar-refractivity contribution >= 4 is 23.2 Å². The van der Waals surface area contributed by atoms with Crippen LogP contribution in [0.15, 0.2) is 35.7 Å². The van der Waals surface area contributed by atoms with Crippen LogP contribution in [-0.2, 0) is 11.2 Å². The molecule has 24 heavy (non-hydrogen) atoms. The highest BCUT2D eigenvalue weighted by atomic mass is 32.1. The van der Waals surface area contributed by atoms with Crippen LogP contribution in [0.3, 0.4) is 0 Å². The fourth-order valence-corrected chi connectivity index (χ4v) is 4.21. The molecule has 0 fully saturated rings. The van der Waals surface area contributed by atoms with Crippen LogP contribution in [0.2, 0.25) is 0 Å². The second-order valence-corrected chi connectivity index (χ2v) is 7.11. The fraction of sp³-hybridized carbons (Fsp3) is 0.368. The van der Waals surface area contributed by atoms with Gasteiger partial charge in [0.1, 0.15) is 0 Å². The number of amides is 2. The first-order chi connectivity index (χ1) is 11.6. The summed E-state index contributed by atoms with van der Waals surface area (Å²) in [7, 11) is 0. The Morgan fingerprint density at radius 1 is 1.33 bits per heavy atom. The van der Waals surface area contributed by atoms with Crippen LogP contribution in [0.1, 0.15) is 45.7 Å². The van der Waals surface area contributed by atoms with E-state index < -0.39 is 0 Å². The molecule has 126 valence electrons. The second-order valence-electron chi connectivity index (χ2n) is 6.11. The summed E-state index contributed by atoms with van der Waals surface area (Å²) in [5.74, 6) is -0.215. The van der Waals surface area contributed by atoms with Crippen LogP contribution in [-0.4, -0.2) is 29.8 Å². The molecule has 2 aromatic rings. The molecule has 4 nitrogen and oxygen atoms in total. The zero-order chi connectivity index (χ0) is 17.1. The number of thiophene rings is 1. The van der Waals surface area contributed by atoms with Crippen LogP contribution in [0, 0.1) is 6.92 Å². The van der Waals surface area contributed by atoms with Gasteiger partial charge in [-0.1, -0.05) is 24.6 Å². The third-order valence-corrected chi connectivity index (χ3v) is 5.48. The minimum absolute atomic E-state index is 0.0142. The van der Waals surface area contributed by atoms with Gasteiger partial charge in [0.15, 0.2) is 0 Å². The molecule has 0 aliphatic carbocycles. The van der Waals surface area contributed by atoms with Crippen molar-refractivity contribution in [3.8, 4) is 0 Å². The van der Waals surface area contributed by atoms with Gasteiger partial charge >= 0.3 is 0 Å². The summed E-state index contributed by atoms with van der Waals surface area (Å²) in [5.41, 5.74) is 2.89. The molecule has 2 amide bonds. The molecule has 1 aliphatic rings. The predicted molar refractivity (Wildman–Crippen MR) is 96.3 cm³/mol. The third-order valence-electron chi connectivity index (χ3n) is 4.48. The van der Waals surface area contributed by atoms with Gasteiger partial charge in [-0.2, -0.15) is 0 Å². The molecule has 1 aromatic carbocycles. The van der Waals surface area contributed by atoms with Crippen molar-refractivity contribution in [3.05, 3.63) is 57.3 Å². The van der Waals surface area contributed by atoms with E-state index in [0.29, 0.717) is 5.56 Å². The van der Waals surface area contributed by atoms with Gasteiger partial charge in [-0.3, -0.25) is 9.59 Å². The Hall–Kier alpha value is -2.14. The molecule has 0 bridgehead atoms. The van der Waals surface area contributed by atoms with Gasteiger partial charge < -0.3 is 10.2 Å². The highest BCUT2D eigenvalue weighted by Gasteiger charge is 2.30. The van der Waals surface area contributed by atoms with Gasteiger partial charge in [-0.05, 0) is 48.9 Å². The minimum Gasteiger partial charge on any atom is -0.343 e. The molecule has 0 spiro atoms. The van der Waals surface area contributed by atoms with Crippen LogP contribution in [0.4, 0.5) is 0 Å². The van der Waals surface area contributed by atoms with Gasteiger partial charge in [-0.25, -0.2) is 0 Å². The van der Waals surface area contributed by atoms with E-state index in [2.05, 4.69) is 23.7 Å². The maximum Gasteiger partial charge on any atom is 0.251 e. The summed E-state index contributed by atoms with van der Waals surface area (Å²) in [4.78, 5) is 28.1. The molecule has 1 N–H and O–H groups in total. The smallest absolute Gasteiger partial charge is 0.251 e. The molecule has 2 heterocycles. The number of nitrogens with one attached hydrogen (secondary N) is 1. The van der Waals surface area contributed by atoms with Crippen molar-refractivity contribution < 1.29 is 9.59 Å². The molecule has 1 aromatic heterocycles. The first kappa shape index (κ1) is 16.7. The number of nitrogens with zero attached hydrogens (tertiary/aromatic N) is 1. The van der Waals surface area contributed by atoms with Crippen molar-refractivity contribution in [2.75, 3.05) is 13.1 Å². The number of aryl methyl sites for hydroxylation is 1. The van der Waals surface area contributed by atoms with E-state index in [0.717, 1.165) is 24.9 Å². The number of hydrogen-bond donors (Lipinski definition) is 1. The summed E-state index contributed by atoms with van der Waals surface area (Å²) in [6.45, 7) is 4.82. The number of benzene rings is 1. The highest BCUT2D eigenvalue weighted by Crippen LogP contribution is 2.35. The lowest BCUT2D eigenvalue weighted by Gasteiger charge is -2.35. The molecular weight excluding hydrogens is 320 g/mol. The average Bonchev–Trinajstić information content (AvgIpc) is 3.07. The quantitative estimate of drug-likeness (QED) is 0.926. The van der Waals surface area contributed by atoms with Crippen molar-refractivity contribution in [3.63, 3.8) is 0 Å². The van der Waals surface area contributed by atoms with E-state index in [-0.39, 0.29) is 24.4 Å². The zero-order valence-corrected chi connectivity index (χ0v) is 14.9. The van der Waals surface area contributed by atoms with Gasteiger partial charge in [0.25, 0.3) is 5.91 Å². The Bertz CT molecular complexity index is 753. The van der Waals surface area contributed by atoms with Crippen molar-refractivity contribution in [2.45, 2.75) is 32.7 Å². The molecule has 1 atom stereocenters. The normalized spacial score (nSPS) is 16.6. The number of rotatable bonds is 4. The third kappa shape index (κ3) is 3.36. The standard InChI is InChI=1S/C19H22N2O2S/c1-3-16-15-8-10-24-17(15)7-9-21(16)18(22)12-20-19(23)14-6-4-5-13(2)11-14/h4-6,8,10-11,16H,3,7,9,12H2,1-2H3,(H,20,23)/t16-/m1/s1. The molecule has 0 saturated heterocycles. The Balaban J connectivity index is 1.64. The van der Waals surface area contributed by atoms with E-state index >= 15 is 0 Å². The van der Waals surface area contributed by atoms with Gasteiger partial charge in [0.05, 0.1) is 12.6 Å². The highest BCUT2D eigenvalue weighted by molar-refractivity contribution is 7.10. The van der Waals surface area contributed by atoms with E-state index in [4.69, 9.17) is 0 Å². The van der Waals surface area contributed by atoms with E-state index in [1.807, 2.05) is 30.0 Å². The predicted octanol–water partition coefficient (Wildman–Crippen LogP) is 3.32. The maximum absolute atomic E-state index is 12.6. The van der Waals surface area contributed by atoms with Crippen molar-refractivity contribution in [2.24, 2.45) is 0 Å². The molecule has 0 saturated carbocycles. The van der Waals surface area contributed by atoms with Crippen molar-refractivity contribution in [1.82, 2.24) is 10.2 Å². The van der Waals surface area contributed by atoms with E-state index in [1.54, 1.807) is 17.4 Å². The van der Waals surface area contributed by atoms with Crippen LogP contribution >= 0.6 is 11.3 Å². The monoisotopic (exact) mass is 342 g/mol. The number of hydrogen-bond acceptors (Lipinski definition) is 3. The first-order valence-corrected chi connectivity index (χ1v) is 9.18. The largest absolute Gasteiger partial charge is 0.343 e. The zero-order valence-electron chi connectivity index (χ0n) is 14.0. The number of carbonyl (C=O) groups is 2. The molecule has 0 radical (unpaired) electrons. The fourth-order valence-electron chi connectivity index (χ4n) is 3.28. The van der Waals surface area contributed by atoms with E-state index in [9.17, 15) is 9.59 Å². The van der Waals surface area contributed by atoms with Crippen LogP contribution < -0.4 is 5.32 Å². The van der Waals surface area contributed by atoms with Crippen LogP contribution in [0.5, 0.6) is 0 Å². The second kappa shape index (κ2) is 7.18. The molecule has 1 aliphatic heterocycles. The molecule has 5 heteroatoms. The summed E-state index contributed by atoms with van der Waals surface area (Å²) in [5, 5.41) is 4.86. The lowest BCUT2D eigenvalue weighted by Crippen LogP contribution is -2.44. The summed E-state index contributed by atoms with van der Waals surface area (Å²) >= 11 is 1.77. The Kier molecular flexibility index (Phi) is 5.00. The Morgan fingerprint density at radius 3 is 2.92 bits per heavy atom. The van der Waals surface area contributed by atoms with Gasteiger partial charge in [-0.15, -0.1) is 11.3 Å². The molecule has 0 unspecified atom stereocenters. The maximum atomic E-state index is 12.6. The van der Waals surface area contributed by atoms with Gasteiger partial charge in [0.2, 0.25) is 5.91 Å². The van der Waals surface area contributed by atoms with Gasteiger partial charge in [0, 0.05) is 17.0 Å². The molecule has 3 rings (SSSR count).